The lowest BCUT2D eigenvalue weighted by molar-refractivity contribution is 0.555. The van der Waals surface area contributed by atoms with Gasteiger partial charge >= 0.3 is 0 Å². The highest BCUT2D eigenvalue weighted by Gasteiger charge is 2.15. The van der Waals surface area contributed by atoms with Gasteiger partial charge < -0.3 is 0 Å². The molecule has 3 rings (SSSR count). The zero-order valence-electron chi connectivity index (χ0n) is 10.7. The molecule has 0 radical (unpaired) electrons. The number of rotatable bonds is 4. The predicted molar refractivity (Wildman–Crippen MR) is 85.9 cm³/mol. The third-order valence-electron chi connectivity index (χ3n) is 3.28. The van der Waals surface area contributed by atoms with Crippen molar-refractivity contribution in [1.29, 1.82) is 0 Å². The fourth-order valence-corrected chi connectivity index (χ4v) is 2.60. The molecule has 20 heavy (non-hydrogen) atoms. The van der Waals surface area contributed by atoms with E-state index in [9.17, 15) is 0 Å². The van der Waals surface area contributed by atoms with Gasteiger partial charge in [0.1, 0.15) is 0 Å². The maximum Gasteiger partial charge on any atom is 0.0893 e. The summed E-state index contributed by atoms with van der Waals surface area (Å²) in [5, 5.41) is 4.32. The van der Waals surface area contributed by atoms with E-state index in [4.69, 9.17) is 5.84 Å². The average Bonchev–Trinajstić information content (AvgIpc) is 2.91. The summed E-state index contributed by atoms with van der Waals surface area (Å²) in [6.45, 7) is 0. The Kier molecular flexibility index (Phi) is 3.95. The molecule has 1 atom stereocenters. The maximum absolute atomic E-state index is 5.72. The normalized spacial score (nSPS) is 12.7. The number of nitrogens with two attached hydrogens (primary N) is 1. The van der Waals surface area contributed by atoms with Crippen LogP contribution in [-0.4, -0.2) is 14.6 Å². The zero-order chi connectivity index (χ0) is 13.9. The van der Waals surface area contributed by atoms with Crippen LogP contribution in [0.15, 0.2) is 49.1 Å². The lowest BCUT2D eigenvalue weighted by atomic mass is 10.0. The molecule has 0 saturated heterocycles. The largest absolute Gasteiger partial charge is 0.271 e. The molecule has 102 valence electrons. The van der Waals surface area contributed by atoms with Gasteiger partial charge in [0.2, 0.25) is 0 Å². The van der Waals surface area contributed by atoms with Crippen molar-refractivity contribution in [3.8, 4) is 0 Å². The number of benzene rings is 1. The third kappa shape index (κ3) is 2.67. The second kappa shape index (κ2) is 5.86. The Morgan fingerprint density at radius 1 is 1.25 bits per heavy atom. The Labute approximate surface area is 130 Å². The smallest absolute Gasteiger partial charge is 0.0893 e. The van der Waals surface area contributed by atoms with Crippen molar-refractivity contribution in [3.05, 3.63) is 63.7 Å². The monoisotopic (exact) mass is 379 g/mol. The summed E-state index contributed by atoms with van der Waals surface area (Å²) in [4.78, 5) is 4.15. The second-order valence-corrected chi connectivity index (χ2v) is 5.80. The van der Waals surface area contributed by atoms with Gasteiger partial charge in [-0.05, 0) is 46.7 Å². The van der Waals surface area contributed by atoms with Crippen LogP contribution in [0.2, 0.25) is 0 Å². The topological polar surface area (TPSA) is 68.2 Å². The van der Waals surface area contributed by atoms with Crippen LogP contribution in [-0.2, 0) is 6.42 Å². The van der Waals surface area contributed by atoms with E-state index < -0.39 is 0 Å². The fraction of sp³-hybridized carbons (Fsp3) is 0.143. The summed E-state index contributed by atoms with van der Waals surface area (Å²) >= 11 is 2.30. The molecule has 0 bridgehead atoms. The quantitative estimate of drug-likeness (QED) is 0.414. The van der Waals surface area contributed by atoms with Gasteiger partial charge in [-0.2, -0.15) is 5.10 Å². The van der Waals surface area contributed by atoms with E-state index >= 15 is 0 Å². The van der Waals surface area contributed by atoms with Gasteiger partial charge in [-0.25, -0.2) is 4.52 Å². The Hall–Kier alpha value is -1.51. The number of nitrogens with one attached hydrogen (secondary N) is 1. The van der Waals surface area contributed by atoms with E-state index in [0.29, 0.717) is 0 Å². The van der Waals surface area contributed by atoms with Crippen molar-refractivity contribution in [1.82, 2.24) is 20.0 Å². The molecule has 2 aromatic heterocycles. The number of nitrogens with zero attached hydrogens (tertiary/aromatic N) is 3. The van der Waals surface area contributed by atoms with Gasteiger partial charge in [-0.1, -0.05) is 12.1 Å². The molecule has 0 saturated carbocycles. The Morgan fingerprint density at radius 3 is 2.80 bits per heavy atom. The molecule has 0 amide bonds. The highest BCUT2D eigenvalue weighted by Crippen LogP contribution is 2.22. The molecule has 1 aromatic carbocycles. The minimum Gasteiger partial charge on any atom is -0.271 e. The first-order valence-corrected chi connectivity index (χ1v) is 7.33. The highest BCUT2D eigenvalue weighted by atomic mass is 127. The van der Waals surface area contributed by atoms with Crippen molar-refractivity contribution in [2.24, 2.45) is 5.84 Å². The van der Waals surface area contributed by atoms with Crippen molar-refractivity contribution in [2.45, 2.75) is 12.5 Å². The fourth-order valence-electron chi connectivity index (χ4n) is 2.24. The standard InChI is InChI=1S/C14H14IN5/c15-11-3-1-10(2-4-11)7-13(19-16)12-8-18-20-6-5-17-9-14(12)20/h1-6,8-9,13,19H,7,16H2. The van der Waals surface area contributed by atoms with Crippen LogP contribution in [0.5, 0.6) is 0 Å². The van der Waals surface area contributed by atoms with E-state index in [-0.39, 0.29) is 6.04 Å². The molecule has 6 heteroatoms. The SMILES string of the molecule is NNC(Cc1ccc(I)cc1)c1cnn2ccncc12. The van der Waals surface area contributed by atoms with Crippen LogP contribution in [0.25, 0.3) is 5.52 Å². The number of aromatic nitrogens is 3. The van der Waals surface area contributed by atoms with E-state index in [0.717, 1.165) is 17.5 Å². The van der Waals surface area contributed by atoms with E-state index in [2.05, 4.69) is 62.4 Å². The first-order chi connectivity index (χ1) is 9.78. The lowest BCUT2D eigenvalue weighted by Crippen LogP contribution is -2.29. The summed E-state index contributed by atoms with van der Waals surface area (Å²) in [7, 11) is 0. The summed E-state index contributed by atoms with van der Waals surface area (Å²) in [6, 6.07) is 8.45. The van der Waals surface area contributed by atoms with Crippen LogP contribution in [0.1, 0.15) is 17.2 Å². The van der Waals surface area contributed by atoms with Crippen molar-refractivity contribution >= 4 is 28.1 Å². The van der Waals surface area contributed by atoms with Crippen LogP contribution in [0.3, 0.4) is 0 Å². The third-order valence-corrected chi connectivity index (χ3v) is 4.00. The van der Waals surface area contributed by atoms with Crippen molar-refractivity contribution in [2.75, 3.05) is 0 Å². The lowest BCUT2D eigenvalue weighted by Gasteiger charge is -2.15. The first-order valence-electron chi connectivity index (χ1n) is 6.26. The molecule has 5 nitrogen and oxygen atoms in total. The molecule has 1 unspecified atom stereocenters. The van der Waals surface area contributed by atoms with E-state index in [1.807, 2.05) is 12.4 Å². The molecule has 0 aliphatic rings. The predicted octanol–water partition coefficient (Wildman–Crippen LogP) is 2.08. The molecular formula is C14H14IN5. The van der Waals surface area contributed by atoms with Crippen molar-refractivity contribution < 1.29 is 0 Å². The average molecular weight is 379 g/mol. The van der Waals surface area contributed by atoms with E-state index in [1.54, 1.807) is 16.9 Å². The van der Waals surface area contributed by atoms with Gasteiger partial charge in [-0.15, -0.1) is 0 Å². The Bertz CT molecular complexity index is 707. The van der Waals surface area contributed by atoms with Crippen LogP contribution >= 0.6 is 22.6 Å². The Balaban J connectivity index is 1.91. The minimum absolute atomic E-state index is 0.0109. The minimum atomic E-state index is 0.0109. The zero-order valence-corrected chi connectivity index (χ0v) is 12.9. The molecule has 0 aliphatic carbocycles. The molecular weight excluding hydrogens is 365 g/mol. The molecule has 0 aliphatic heterocycles. The van der Waals surface area contributed by atoms with E-state index in [1.165, 1.54) is 9.13 Å². The van der Waals surface area contributed by atoms with Crippen molar-refractivity contribution in [3.63, 3.8) is 0 Å². The number of halogens is 1. The molecule has 3 aromatic rings. The number of fused-ring (bicyclic) bond motifs is 1. The number of hydrogen-bond donors (Lipinski definition) is 2. The van der Waals surface area contributed by atoms with Crippen LogP contribution in [0.4, 0.5) is 0 Å². The highest BCUT2D eigenvalue weighted by molar-refractivity contribution is 14.1. The second-order valence-electron chi connectivity index (χ2n) is 4.56. The van der Waals surface area contributed by atoms with Gasteiger partial charge in [0.25, 0.3) is 0 Å². The Morgan fingerprint density at radius 2 is 2.05 bits per heavy atom. The maximum atomic E-state index is 5.72. The molecule has 0 fully saturated rings. The summed E-state index contributed by atoms with van der Waals surface area (Å²) in [5.41, 5.74) is 6.14. The summed E-state index contributed by atoms with van der Waals surface area (Å²) < 4.78 is 3.03. The molecule has 3 N–H and O–H groups in total. The molecule has 2 heterocycles. The summed E-state index contributed by atoms with van der Waals surface area (Å²) in [5.74, 6) is 5.72. The number of hydrazine groups is 1. The first kappa shape index (κ1) is 13.5. The van der Waals surface area contributed by atoms with Gasteiger partial charge in [0.15, 0.2) is 0 Å². The van der Waals surface area contributed by atoms with Gasteiger partial charge in [-0.3, -0.25) is 16.3 Å². The molecule has 0 spiro atoms. The van der Waals surface area contributed by atoms with Crippen LogP contribution < -0.4 is 11.3 Å². The summed E-state index contributed by atoms with van der Waals surface area (Å²) in [6.07, 6.45) is 8.00. The number of hydrogen-bond acceptors (Lipinski definition) is 4. The van der Waals surface area contributed by atoms with Gasteiger partial charge in [0, 0.05) is 21.5 Å². The van der Waals surface area contributed by atoms with Crippen LogP contribution in [0, 0.1) is 3.57 Å². The van der Waals surface area contributed by atoms with Gasteiger partial charge in [0.05, 0.1) is 24.0 Å².